The number of carbonyl (C=O) groups is 1. The van der Waals surface area contributed by atoms with E-state index in [0.29, 0.717) is 25.2 Å². The zero-order valence-electron chi connectivity index (χ0n) is 14.9. The maximum atomic E-state index is 13.0. The topological polar surface area (TPSA) is 57.7 Å². The van der Waals surface area contributed by atoms with E-state index in [1.165, 1.54) is 6.07 Å². The van der Waals surface area contributed by atoms with Crippen LogP contribution in [0.1, 0.15) is 56.8 Å². The van der Waals surface area contributed by atoms with Crippen molar-refractivity contribution in [3.8, 4) is 0 Å². The molecule has 0 saturated carbocycles. The fraction of sp³-hybridized carbons (Fsp3) is 0.611. The standard InChI is InChI=1S/C18H28N2O3S/c1-4-16-11-7-8-13-20(16)24(22,23)17-12-9-10-15(14-17)18(21)19(5-2)6-3/h9-10,12,14,16H,4-8,11,13H2,1-3H3. The highest BCUT2D eigenvalue weighted by molar-refractivity contribution is 7.89. The summed E-state index contributed by atoms with van der Waals surface area (Å²) in [6.07, 6.45) is 3.70. The summed E-state index contributed by atoms with van der Waals surface area (Å²) in [7, 11) is -3.56. The van der Waals surface area contributed by atoms with E-state index in [1.807, 2.05) is 20.8 Å². The molecule has 1 unspecified atom stereocenters. The Morgan fingerprint density at radius 1 is 1.21 bits per heavy atom. The van der Waals surface area contributed by atoms with Gasteiger partial charge in [0.05, 0.1) is 4.90 Å². The van der Waals surface area contributed by atoms with Crippen LogP contribution < -0.4 is 0 Å². The van der Waals surface area contributed by atoms with Gasteiger partial charge in [-0.2, -0.15) is 4.31 Å². The van der Waals surface area contributed by atoms with Crippen molar-refractivity contribution < 1.29 is 13.2 Å². The molecular formula is C18H28N2O3S. The van der Waals surface area contributed by atoms with Crippen LogP contribution >= 0.6 is 0 Å². The van der Waals surface area contributed by atoms with Crippen molar-refractivity contribution in [2.45, 2.75) is 57.4 Å². The van der Waals surface area contributed by atoms with E-state index in [4.69, 9.17) is 0 Å². The molecule has 134 valence electrons. The summed E-state index contributed by atoms with van der Waals surface area (Å²) in [6.45, 7) is 7.64. The van der Waals surface area contributed by atoms with Crippen LogP contribution in [0.15, 0.2) is 29.2 Å². The zero-order chi connectivity index (χ0) is 17.7. The normalized spacial score (nSPS) is 19.2. The van der Waals surface area contributed by atoms with Crippen LogP contribution in [-0.4, -0.2) is 49.2 Å². The molecule has 1 amide bonds. The van der Waals surface area contributed by atoms with Crippen molar-refractivity contribution in [1.29, 1.82) is 0 Å². The van der Waals surface area contributed by atoms with Gasteiger partial charge in [-0.1, -0.05) is 19.4 Å². The minimum absolute atomic E-state index is 0.0610. The molecule has 1 heterocycles. The van der Waals surface area contributed by atoms with Crippen molar-refractivity contribution in [2.24, 2.45) is 0 Å². The SMILES string of the molecule is CCC1CCCCN1S(=O)(=O)c1cccc(C(=O)N(CC)CC)c1. The van der Waals surface area contributed by atoms with Crippen molar-refractivity contribution in [3.05, 3.63) is 29.8 Å². The smallest absolute Gasteiger partial charge is 0.253 e. The molecule has 0 N–H and O–H groups in total. The Bertz CT molecular complexity index is 669. The Kier molecular flexibility index (Phi) is 6.40. The van der Waals surface area contributed by atoms with Crippen LogP contribution in [0.3, 0.4) is 0 Å². The third-order valence-corrected chi connectivity index (χ3v) is 6.73. The Balaban J connectivity index is 2.34. The summed E-state index contributed by atoms with van der Waals surface area (Å²) >= 11 is 0. The number of benzene rings is 1. The molecule has 1 atom stereocenters. The zero-order valence-corrected chi connectivity index (χ0v) is 15.7. The Hall–Kier alpha value is -1.40. The lowest BCUT2D eigenvalue weighted by Crippen LogP contribution is -2.43. The summed E-state index contributed by atoms with van der Waals surface area (Å²) in [5.74, 6) is -0.122. The first kappa shape index (κ1) is 18.9. The van der Waals surface area contributed by atoms with Crippen LogP contribution in [0.2, 0.25) is 0 Å². The number of hydrogen-bond donors (Lipinski definition) is 0. The second-order valence-corrected chi connectivity index (χ2v) is 8.07. The van der Waals surface area contributed by atoms with Gasteiger partial charge in [0.15, 0.2) is 0 Å². The van der Waals surface area contributed by atoms with Gasteiger partial charge in [0.25, 0.3) is 5.91 Å². The quantitative estimate of drug-likeness (QED) is 0.790. The fourth-order valence-electron chi connectivity index (χ4n) is 3.32. The van der Waals surface area contributed by atoms with E-state index in [0.717, 1.165) is 25.7 Å². The molecule has 0 spiro atoms. The molecule has 0 aromatic heterocycles. The number of carbonyl (C=O) groups excluding carboxylic acids is 1. The number of nitrogens with zero attached hydrogens (tertiary/aromatic N) is 2. The molecule has 1 aromatic rings. The summed E-state index contributed by atoms with van der Waals surface area (Å²) in [5.41, 5.74) is 0.435. The van der Waals surface area contributed by atoms with Gasteiger partial charge in [-0.15, -0.1) is 0 Å². The maximum absolute atomic E-state index is 13.0. The van der Waals surface area contributed by atoms with Gasteiger partial charge in [0.2, 0.25) is 10.0 Å². The average Bonchev–Trinajstić information content (AvgIpc) is 2.62. The molecule has 1 aliphatic heterocycles. The van der Waals surface area contributed by atoms with Crippen LogP contribution in [0.25, 0.3) is 0 Å². The Morgan fingerprint density at radius 3 is 2.54 bits per heavy atom. The lowest BCUT2D eigenvalue weighted by atomic mass is 10.0. The second-order valence-electron chi connectivity index (χ2n) is 6.18. The van der Waals surface area contributed by atoms with E-state index in [-0.39, 0.29) is 16.8 Å². The highest BCUT2D eigenvalue weighted by Gasteiger charge is 2.32. The monoisotopic (exact) mass is 352 g/mol. The highest BCUT2D eigenvalue weighted by Crippen LogP contribution is 2.27. The molecule has 1 aliphatic rings. The number of amides is 1. The number of sulfonamides is 1. The molecule has 0 aliphatic carbocycles. The van der Waals surface area contributed by atoms with Crippen LogP contribution in [0, 0.1) is 0 Å². The lowest BCUT2D eigenvalue weighted by Gasteiger charge is -2.34. The summed E-state index contributed by atoms with van der Waals surface area (Å²) in [6, 6.07) is 6.53. The van der Waals surface area contributed by atoms with Crippen LogP contribution in [-0.2, 0) is 10.0 Å². The van der Waals surface area contributed by atoms with Crippen LogP contribution in [0.4, 0.5) is 0 Å². The van der Waals surface area contributed by atoms with E-state index in [1.54, 1.807) is 27.4 Å². The molecule has 0 radical (unpaired) electrons. The van der Waals surface area contributed by atoms with Gasteiger partial charge in [0, 0.05) is 31.2 Å². The molecule has 5 nitrogen and oxygen atoms in total. The average molecular weight is 353 g/mol. The predicted octanol–water partition coefficient (Wildman–Crippen LogP) is 3.12. The summed E-state index contributed by atoms with van der Waals surface area (Å²) in [4.78, 5) is 14.4. The van der Waals surface area contributed by atoms with E-state index in [9.17, 15) is 13.2 Å². The first-order valence-corrected chi connectivity index (χ1v) is 10.3. The number of piperidine rings is 1. The van der Waals surface area contributed by atoms with Crippen molar-refractivity contribution in [2.75, 3.05) is 19.6 Å². The fourth-order valence-corrected chi connectivity index (χ4v) is 5.13. The van der Waals surface area contributed by atoms with E-state index >= 15 is 0 Å². The lowest BCUT2D eigenvalue weighted by molar-refractivity contribution is 0.0772. The minimum Gasteiger partial charge on any atom is -0.339 e. The van der Waals surface area contributed by atoms with Gasteiger partial charge >= 0.3 is 0 Å². The third kappa shape index (κ3) is 3.81. The third-order valence-electron chi connectivity index (χ3n) is 4.78. The largest absolute Gasteiger partial charge is 0.339 e. The molecule has 1 saturated heterocycles. The van der Waals surface area contributed by atoms with Gasteiger partial charge < -0.3 is 4.90 Å². The first-order chi connectivity index (χ1) is 11.5. The van der Waals surface area contributed by atoms with E-state index < -0.39 is 10.0 Å². The van der Waals surface area contributed by atoms with Crippen LogP contribution in [0.5, 0.6) is 0 Å². The van der Waals surface area contributed by atoms with E-state index in [2.05, 4.69) is 0 Å². The minimum atomic E-state index is -3.56. The molecule has 1 fully saturated rings. The molecule has 1 aromatic carbocycles. The van der Waals surface area contributed by atoms with Crippen molar-refractivity contribution in [1.82, 2.24) is 9.21 Å². The van der Waals surface area contributed by atoms with Gasteiger partial charge in [-0.25, -0.2) is 8.42 Å². The molecule has 0 bridgehead atoms. The Morgan fingerprint density at radius 2 is 1.92 bits per heavy atom. The van der Waals surface area contributed by atoms with Gasteiger partial charge in [-0.05, 0) is 51.3 Å². The highest BCUT2D eigenvalue weighted by atomic mass is 32.2. The molecule has 6 heteroatoms. The number of rotatable bonds is 6. The van der Waals surface area contributed by atoms with Crippen molar-refractivity contribution in [3.63, 3.8) is 0 Å². The van der Waals surface area contributed by atoms with Crippen molar-refractivity contribution >= 4 is 15.9 Å². The maximum Gasteiger partial charge on any atom is 0.253 e. The Labute approximate surface area is 145 Å². The predicted molar refractivity (Wildman–Crippen MR) is 95.5 cm³/mol. The number of hydrogen-bond acceptors (Lipinski definition) is 3. The van der Waals surface area contributed by atoms with Gasteiger partial charge in [-0.3, -0.25) is 4.79 Å². The second kappa shape index (κ2) is 8.12. The summed E-state index contributed by atoms with van der Waals surface area (Å²) < 4.78 is 27.7. The first-order valence-electron chi connectivity index (χ1n) is 8.86. The molecule has 24 heavy (non-hydrogen) atoms. The molecular weight excluding hydrogens is 324 g/mol. The van der Waals surface area contributed by atoms with Gasteiger partial charge in [0.1, 0.15) is 0 Å². The summed E-state index contributed by atoms with van der Waals surface area (Å²) in [5, 5.41) is 0. The molecule has 2 rings (SSSR count).